The molecular formula is C28H17ClF8N2O. The molecule has 0 aliphatic rings. The van der Waals surface area contributed by atoms with Crippen LogP contribution in [0, 0.1) is 11.6 Å². The predicted octanol–water partition coefficient (Wildman–Crippen LogP) is 7.97. The van der Waals surface area contributed by atoms with E-state index in [0.717, 1.165) is 18.3 Å². The number of hydrogen-bond acceptors (Lipinski definition) is 2. The van der Waals surface area contributed by atoms with E-state index in [-0.39, 0.29) is 22.7 Å². The second-order valence-corrected chi connectivity index (χ2v) is 9.20. The molecule has 0 radical (unpaired) electrons. The number of hydrogen-bond donors (Lipinski definition) is 1. The van der Waals surface area contributed by atoms with E-state index in [0.29, 0.717) is 29.8 Å². The molecule has 3 nitrogen and oxygen atoms in total. The van der Waals surface area contributed by atoms with Gasteiger partial charge in [-0.25, -0.2) is 8.78 Å². The van der Waals surface area contributed by atoms with Crippen LogP contribution in [-0.2, 0) is 24.3 Å². The maximum atomic E-state index is 14.3. The zero-order chi connectivity index (χ0) is 29.3. The molecule has 1 unspecified atom stereocenters. The van der Waals surface area contributed by atoms with Crippen molar-refractivity contribution >= 4 is 17.5 Å². The van der Waals surface area contributed by atoms with Gasteiger partial charge in [0.1, 0.15) is 17.2 Å². The number of rotatable bonds is 6. The van der Waals surface area contributed by atoms with Gasteiger partial charge in [0.2, 0.25) is 0 Å². The van der Waals surface area contributed by atoms with Crippen molar-refractivity contribution < 1.29 is 39.9 Å². The summed E-state index contributed by atoms with van der Waals surface area (Å²) in [4.78, 5) is 17.6. The third-order valence-electron chi connectivity index (χ3n) is 6.10. The van der Waals surface area contributed by atoms with E-state index in [2.05, 4.69) is 10.3 Å². The average Bonchev–Trinajstić information content (AvgIpc) is 2.88. The topological polar surface area (TPSA) is 42.0 Å². The van der Waals surface area contributed by atoms with Crippen LogP contribution in [0.5, 0.6) is 0 Å². The highest BCUT2D eigenvalue weighted by Crippen LogP contribution is 2.39. The van der Waals surface area contributed by atoms with E-state index in [9.17, 15) is 39.9 Å². The first-order valence-electron chi connectivity index (χ1n) is 11.4. The second-order valence-electron chi connectivity index (χ2n) is 8.77. The van der Waals surface area contributed by atoms with Gasteiger partial charge < -0.3 is 5.32 Å². The highest BCUT2D eigenvalue weighted by molar-refractivity contribution is 6.30. The summed E-state index contributed by atoms with van der Waals surface area (Å²) in [7, 11) is 0. The lowest BCUT2D eigenvalue weighted by Crippen LogP contribution is -2.49. The molecule has 4 rings (SSSR count). The van der Waals surface area contributed by atoms with E-state index in [1.165, 1.54) is 12.1 Å². The number of carbonyl (C=O) groups is 1. The molecule has 1 amide bonds. The van der Waals surface area contributed by atoms with Gasteiger partial charge in [-0.2, -0.15) is 26.3 Å². The van der Waals surface area contributed by atoms with Crippen molar-refractivity contribution in [1.82, 2.24) is 10.3 Å². The van der Waals surface area contributed by atoms with Crippen LogP contribution in [0.3, 0.4) is 0 Å². The van der Waals surface area contributed by atoms with Gasteiger partial charge in [-0.15, -0.1) is 0 Å². The van der Waals surface area contributed by atoms with Crippen LogP contribution >= 0.6 is 11.6 Å². The van der Waals surface area contributed by atoms with E-state index < -0.39 is 52.1 Å². The first-order chi connectivity index (χ1) is 18.7. The molecule has 12 heteroatoms. The standard InChI is InChI=1S/C28H17ClF8N2O/c29-19-8-11-24(38-15-19)26(14-16-4-2-1-3-5-16,18-7-10-23(31)21(13-18)28(35,36)37)39-25(40)17-6-9-22(30)20(12-17)27(32,33)34/h1-13,15H,14H2,(H,39,40). The van der Waals surface area contributed by atoms with Gasteiger partial charge >= 0.3 is 12.4 Å². The fourth-order valence-corrected chi connectivity index (χ4v) is 4.32. The average molecular weight is 585 g/mol. The zero-order valence-corrected chi connectivity index (χ0v) is 20.8. The molecule has 0 fully saturated rings. The van der Waals surface area contributed by atoms with Gasteiger partial charge in [0.25, 0.3) is 5.91 Å². The van der Waals surface area contributed by atoms with Crippen molar-refractivity contribution in [2.24, 2.45) is 0 Å². The Labute approximate surface area is 227 Å². The second kappa shape index (κ2) is 10.9. The summed E-state index contributed by atoms with van der Waals surface area (Å²) in [5.74, 6) is -4.38. The lowest BCUT2D eigenvalue weighted by atomic mass is 9.79. The lowest BCUT2D eigenvalue weighted by molar-refractivity contribution is -0.140. The minimum absolute atomic E-state index is 0.0491. The molecule has 0 saturated heterocycles. The molecule has 0 bridgehead atoms. The summed E-state index contributed by atoms with van der Waals surface area (Å²) in [6, 6.07) is 14.4. The molecule has 1 atom stereocenters. The number of nitrogens with one attached hydrogen (secondary N) is 1. The minimum atomic E-state index is -5.13. The van der Waals surface area contributed by atoms with Crippen molar-refractivity contribution in [3.63, 3.8) is 0 Å². The van der Waals surface area contributed by atoms with Crippen molar-refractivity contribution in [1.29, 1.82) is 0 Å². The number of nitrogens with zero attached hydrogens (tertiary/aromatic N) is 1. The molecule has 1 N–H and O–H groups in total. The van der Waals surface area contributed by atoms with Gasteiger partial charge in [0.05, 0.1) is 21.8 Å². The Hall–Kier alpha value is -3.99. The smallest absolute Gasteiger partial charge is 0.337 e. The number of aromatic nitrogens is 1. The summed E-state index contributed by atoms with van der Waals surface area (Å²) >= 11 is 5.96. The molecule has 0 aliphatic heterocycles. The Kier molecular flexibility index (Phi) is 7.89. The normalized spacial score (nSPS) is 13.5. The SMILES string of the molecule is O=C(NC(Cc1ccccc1)(c1ccc(F)c(C(F)(F)F)c1)c1ccc(Cl)cn1)c1ccc(F)c(C(F)(F)F)c1. The quantitative estimate of drug-likeness (QED) is 0.234. The predicted molar refractivity (Wildman–Crippen MR) is 130 cm³/mol. The van der Waals surface area contributed by atoms with E-state index in [1.54, 1.807) is 30.3 Å². The van der Waals surface area contributed by atoms with Gasteiger partial charge in [-0.3, -0.25) is 9.78 Å². The summed E-state index contributed by atoms with van der Waals surface area (Å²) in [5.41, 5.74) is -5.79. The van der Waals surface area contributed by atoms with Crippen molar-refractivity contribution in [2.75, 3.05) is 0 Å². The lowest BCUT2D eigenvalue weighted by Gasteiger charge is -2.36. The van der Waals surface area contributed by atoms with Gasteiger partial charge in [0.15, 0.2) is 0 Å². The fourth-order valence-electron chi connectivity index (χ4n) is 4.21. The Morgan fingerprint density at radius 1 is 0.775 bits per heavy atom. The van der Waals surface area contributed by atoms with Crippen LogP contribution in [0.2, 0.25) is 5.02 Å². The largest absolute Gasteiger partial charge is 0.419 e. The Bertz CT molecular complexity index is 1520. The Balaban J connectivity index is 1.97. The van der Waals surface area contributed by atoms with Crippen LogP contribution in [0.1, 0.15) is 38.3 Å². The molecule has 0 aliphatic carbocycles. The summed E-state index contributed by atoms with van der Waals surface area (Å²) in [6.45, 7) is 0. The summed E-state index contributed by atoms with van der Waals surface area (Å²) < 4.78 is 109. The van der Waals surface area contributed by atoms with Crippen LogP contribution < -0.4 is 5.32 Å². The fraction of sp³-hybridized carbons (Fsp3) is 0.143. The van der Waals surface area contributed by atoms with Crippen molar-refractivity contribution in [3.05, 3.63) is 135 Å². The number of pyridine rings is 1. The van der Waals surface area contributed by atoms with Crippen LogP contribution in [0.4, 0.5) is 35.1 Å². The number of amides is 1. The van der Waals surface area contributed by atoms with Crippen LogP contribution in [0.15, 0.2) is 85.1 Å². The molecule has 0 spiro atoms. The molecule has 0 saturated carbocycles. The summed E-state index contributed by atoms with van der Waals surface area (Å²) in [6.07, 6.45) is -9.34. The monoisotopic (exact) mass is 584 g/mol. The van der Waals surface area contributed by atoms with Crippen molar-refractivity contribution in [3.8, 4) is 0 Å². The number of alkyl halides is 6. The third-order valence-corrected chi connectivity index (χ3v) is 6.33. The number of carbonyl (C=O) groups excluding carboxylic acids is 1. The molecular weight excluding hydrogens is 568 g/mol. The first-order valence-corrected chi connectivity index (χ1v) is 11.8. The molecule has 4 aromatic rings. The highest BCUT2D eigenvalue weighted by atomic mass is 35.5. The maximum absolute atomic E-state index is 14.3. The van der Waals surface area contributed by atoms with Gasteiger partial charge in [-0.1, -0.05) is 48.0 Å². The molecule has 40 heavy (non-hydrogen) atoms. The van der Waals surface area contributed by atoms with Crippen LogP contribution in [-0.4, -0.2) is 10.9 Å². The third kappa shape index (κ3) is 6.09. The molecule has 3 aromatic carbocycles. The molecule has 1 aromatic heterocycles. The number of halogens is 9. The van der Waals surface area contributed by atoms with Gasteiger partial charge in [0, 0.05) is 18.2 Å². The van der Waals surface area contributed by atoms with E-state index in [1.807, 2.05) is 0 Å². The van der Waals surface area contributed by atoms with Crippen molar-refractivity contribution in [2.45, 2.75) is 24.3 Å². The van der Waals surface area contributed by atoms with Crippen LogP contribution in [0.25, 0.3) is 0 Å². The van der Waals surface area contributed by atoms with E-state index >= 15 is 0 Å². The molecule has 1 heterocycles. The zero-order valence-electron chi connectivity index (χ0n) is 20.0. The summed E-state index contributed by atoms with van der Waals surface area (Å²) in [5, 5.41) is 2.66. The van der Waals surface area contributed by atoms with E-state index in [4.69, 9.17) is 11.6 Å². The minimum Gasteiger partial charge on any atom is -0.337 e. The highest BCUT2D eigenvalue weighted by Gasteiger charge is 2.42. The maximum Gasteiger partial charge on any atom is 0.419 e. The first kappa shape index (κ1) is 29.0. The Morgan fingerprint density at radius 3 is 1.95 bits per heavy atom. The molecule has 208 valence electrons. The number of benzene rings is 3. The Morgan fingerprint density at radius 2 is 1.38 bits per heavy atom. The van der Waals surface area contributed by atoms with Gasteiger partial charge in [-0.05, 0) is 53.6 Å².